The van der Waals surface area contributed by atoms with Crippen LogP contribution in [0.1, 0.15) is 53.4 Å². The molecule has 0 unspecified atom stereocenters. The quantitative estimate of drug-likeness (QED) is 0.757. The predicted molar refractivity (Wildman–Crippen MR) is 74.2 cm³/mol. The van der Waals surface area contributed by atoms with Crippen molar-refractivity contribution < 1.29 is 4.79 Å². The molecule has 3 heteroatoms. The molecule has 0 spiro atoms. The van der Waals surface area contributed by atoms with E-state index < -0.39 is 0 Å². The highest BCUT2D eigenvalue weighted by Crippen LogP contribution is 2.16. The second-order valence-electron chi connectivity index (χ2n) is 4.60. The smallest absolute Gasteiger partial charge is 0.219 e. The lowest BCUT2D eigenvalue weighted by Gasteiger charge is -2.36. The van der Waals surface area contributed by atoms with Crippen molar-refractivity contribution in [2.24, 2.45) is 0 Å². The molecular weight excluding hydrogens is 212 g/mol. The minimum atomic E-state index is 0.248. The summed E-state index contributed by atoms with van der Waals surface area (Å²) in [5.41, 5.74) is 0. The molecule has 0 aliphatic carbocycles. The molecule has 0 saturated carbocycles. The zero-order valence-corrected chi connectivity index (χ0v) is 12.3. The molecule has 3 nitrogen and oxygen atoms in total. The van der Waals surface area contributed by atoms with Crippen LogP contribution in [0.5, 0.6) is 0 Å². The lowest BCUT2D eigenvalue weighted by atomic mass is 10.0. The maximum absolute atomic E-state index is 11.5. The largest absolute Gasteiger partial charge is 0.340 e. The van der Waals surface area contributed by atoms with E-state index >= 15 is 0 Å². The Bertz CT molecular complexity index is 198. The van der Waals surface area contributed by atoms with E-state index in [4.69, 9.17) is 0 Å². The molecule has 0 aromatic carbocycles. The fourth-order valence-electron chi connectivity index (χ4n) is 2.23. The summed E-state index contributed by atoms with van der Waals surface area (Å²) in [7, 11) is 2.15. The van der Waals surface area contributed by atoms with Crippen molar-refractivity contribution in [3.8, 4) is 0 Å². The number of piperidine rings is 1. The Hall–Kier alpha value is -0.570. The average molecular weight is 242 g/mol. The Morgan fingerprint density at radius 3 is 2.24 bits per heavy atom. The minimum absolute atomic E-state index is 0.248. The molecular formula is C14H30N2O. The van der Waals surface area contributed by atoms with E-state index in [1.807, 2.05) is 13.8 Å². The monoisotopic (exact) mass is 242 g/mol. The first-order valence-electron chi connectivity index (χ1n) is 7.11. The molecule has 0 bridgehead atoms. The highest BCUT2D eigenvalue weighted by atomic mass is 16.2. The molecule has 17 heavy (non-hydrogen) atoms. The van der Waals surface area contributed by atoms with Crippen LogP contribution in [0.15, 0.2) is 0 Å². The van der Waals surface area contributed by atoms with Crippen LogP contribution in [0, 0.1) is 0 Å². The van der Waals surface area contributed by atoms with Crippen molar-refractivity contribution in [3.05, 3.63) is 0 Å². The second-order valence-corrected chi connectivity index (χ2v) is 4.60. The Labute approximate surface area is 107 Å². The van der Waals surface area contributed by atoms with Gasteiger partial charge in [0.1, 0.15) is 0 Å². The van der Waals surface area contributed by atoms with Gasteiger partial charge < -0.3 is 9.80 Å². The van der Waals surface area contributed by atoms with Crippen molar-refractivity contribution in [3.63, 3.8) is 0 Å². The van der Waals surface area contributed by atoms with E-state index in [0.29, 0.717) is 6.04 Å². The molecule has 1 rings (SSSR count). The molecule has 0 atom stereocenters. The lowest BCUT2D eigenvalue weighted by molar-refractivity contribution is -0.132. The summed E-state index contributed by atoms with van der Waals surface area (Å²) in [6, 6.07) is 0.491. The Morgan fingerprint density at radius 2 is 1.82 bits per heavy atom. The summed E-state index contributed by atoms with van der Waals surface area (Å²) in [5, 5.41) is 0. The summed E-state index contributed by atoms with van der Waals surface area (Å²) >= 11 is 0. The molecule has 1 saturated heterocycles. The molecule has 0 aromatic rings. The third-order valence-corrected chi connectivity index (χ3v) is 3.29. The number of carbonyl (C=O) groups excluding carboxylic acids is 1. The van der Waals surface area contributed by atoms with Crippen LogP contribution >= 0.6 is 0 Å². The van der Waals surface area contributed by atoms with Gasteiger partial charge in [-0.15, -0.1) is 0 Å². The molecule has 1 amide bonds. The van der Waals surface area contributed by atoms with Gasteiger partial charge in [0, 0.05) is 19.5 Å². The number of likely N-dealkylation sites (tertiary alicyclic amines) is 1. The van der Waals surface area contributed by atoms with Crippen LogP contribution in [0.2, 0.25) is 0 Å². The van der Waals surface area contributed by atoms with Crippen LogP contribution < -0.4 is 0 Å². The van der Waals surface area contributed by atoms with Gasteiger partial charge in [-0.1, -0.05) is 27.2 Å². The van der Waals surface area contributed by atoms with Crippen molar-refractivity contribution in [1.82, 2.24) is 9.80 Å². The zero-order valence-electron chi connectivity index (χ0n) is 12.3. The normalized spacial score (nSPS) is 17.2. The highest BCUT2D eigenvalue weighted by molar-refractivity contribution is 5.73. The summed E-state index contributed by atoms with van der Waals surface area (Å²) in [5.74, 6) is 0.248. The standard InChI is InChI=1S/C12H24N2O.C2H6/c1-4-5-8-14(11(2)15)12-6-9-13(3)10-7-12;1-2/h12H,4-10H2,1-3H3;1-2H3. The maximum atomic E-state index is 11.5. The van der Waals surface area contributed by atoms with Crippen molar-refractivity contribution in [2.45, 2.75) is 59.4 Å². The van der Waals surface area contributed by atoms with Gasteiger partial charge in [0.2, 0.25) is 5.91 Å². The molecule has 1 aliphatic rings. The number of hydrogen-bond donors (Lipinski definition) is 0. The van der Waals surface area contributed by atoms with Crippen LogP contribution in [-0.4, -0.2) is 48.4 Å². The average Bonchev–Trinajstić information content (AvgIpc) is 2.34. The van der Waals surface area contributed by atoms with Gasteiger partial charge in [-0.2, -0.15) is 0 Å². The van der Waals surface area contributed by atoms with E-state index in [2.05, 4.69) is 23.8 Å². The number of hydrogen-bond acceptors (Lipinski definition) is 2. The van der Waals surface area contributed by atoms with Crippen molar-refractivity contribution in [1.29, 1.82) is 0 Å². The van der Waals surface area contributed by atoms with Crippen molar-refractivity contribution in [2.75, 3.05) is 26.7 Å². The van der Waals surface area contributed by atoms with E-state index in [1.165, 1.54) is 0 Å². The van der Waals surface area contributed by atoms with Gasteiger partial charge >= 0.3 is 0 Å². The number of amides is 1. The van der Waals surface area contributed by atoms with E-state index in [9.17, 15) is 4.79 Å². The Kier molecular flexibility index (Phi) is 9.14. The fourth-order valence-corrected chi connectivity index (χ4v) is 2.23. The minimum Gasteiger partial charge on any atom is -0.340 e. The zero-order chi connectivity index (χ0) is 13.3. The third kappa shape index (κ3) is 6.06. The lowest BCUT2D eigenvalue weighted by Crippen LogP contribution is -2.46. The molecule has 0 N–H and O–H groups in total. The van der Waals surface area contributed by atoms with E-state index in [0.717, 1.165) is 45.3 Å². The number of nitrogens with zero attached hydrogens (tertiary/aromatic N) is 2. The summed E-state index contributed by atoms with van der Waals surface area (Å²) in [6.07, 6.45) is 4.57. The van der Waals surface area contributed by atoms with Crippen molar-refractivity contribution >= 4 is 5.91 Å². The third-order valence-electron chi connectivity index (χ3n) is 3.29. The molecule has 0 aromatic heterocycles. The van der Waals surface area contributed by atoms with Gasteiger partial charge in [0.25, 0.3) is 0 Å². The van der Waals surface area contributed by atoms with Crippen LogP contribution in [0.4, 0.5) is 0 Å². The number of rotatable bonds is 4. The van der Waals surface area contributed by atoms with E-state index in [1.54, 1.807) is 6.92 Å². The summed E-state index contributed by atoms with van der Waals surface area (Å²) in [4.78, 5) is 16.0. The first-order chi connectivity index (χ1) is 8.15. The Morgan fingerprint density at radius 1 is 1.29 bits per heavy atom. The first-order valence-corrected chi connectivity index (χ1v) is 7.11. The Balaban J connectivity index is 0.00000121. The topological polar surface area (TPSA) is 23.6 Å². The molecule has 1 aliphatic heterocycles. The number of carbonyl (C=O) groups is 1. The van der Waals surface area contributed by atoms with Crippen LogP contribution in [-0.2, 0) is 4.79 Å². The first kappa shape index (κ1) is 16.4. The molecule has 1 fully saturated rings. The summed E-state index contributed by atoms with van der Waals surface area (Å²) < 4.78 is 0. The predicted octanol–water partition coefficient (Wildman–Crippen LogP) is 2.76. The SMILES string of the molecule is CC.CCCCN(C(C)=O)C1CCN(C)CC1. The highest BCUT2D eigenvalue weighted by Gasteiger charge is 2.24. The second kappa shape index (κ2) is 9.46. The van der Waals surface area contributed by atoms with E-state index in [-0.39, 0.29) is 5.91 Å². The number of unbranched alkanes of at least 4 members (excludes halogenated alkanes) is 1. The maximum Gasteiger partial charge on any atom is 0.219 e. The van der Waals surface area contributed by atoms with Crippen LogP contribution in [0.3, 0.4) is 0 Å². The molecule has 0 radical (unpaired) electrons. The van der Waals surface area contributed by atoms with Crippen LogP contribution in [0.25, 0.3) is 0 Å². The molecule has 102 valence electrons. The van der Waals surface area contributed by atoms with Gasteiger partial charge in [-0.05, 0) is 39.4 Å². The van der Waals surface area contributed by atoms with Gasteiger partial charge in [0.15, 0.2) is 0 Å². The summed E-state index contributed by atoms with van der Waals surface area (Å²) in [6.45, 7) is 11.1. The fraction of sp³-hybridized carbons (Fsp3) is 0.929. The van der Waals surface area contributed by atoms with Gasteiger partial charge in [0.05, 0.1) is 0 Å². The van der Waals surface area contributed by atoms with Gasteiger partial charge in [-0.3, -0.25) is 4.79 Å². The van der Waals surface area contributed by atoms with Gasteiger partial charge in [-0.25, -0.2) is 0 Å². The molecule has 1 heterocycles.